The fourth-order valence-corrected chi connectivity index (χ4v) is 3.77. The quantitative estimate of drug-likeness (QED) is 0.918. The molecule has 3 nitrogen and oxygen atoms in total. The van der Waals surface area contributed by atoms with Gasteiger partial charge in [-0.3, -0.25) is 4.21 Å². The third kappa shape index (κ3) is 4.05. The highest BCUT2D eigenvalue weighted by Crippen LogP contribution is 2.20. The monoisotopic (exact) mass is 280 g/mol. The molecule has 0 bridgehead atoms. The highest BCUT2D eigenvalue weighted by molar-refractivity contribution is 7.85. The van der Waals surface area contributed by atoms with Crippen LogP contribution in [0.3, 0.4) is 0 Å². The largest absolute Gasteiger partial charge is 0.378 e. The minimum absolute atomic E-state index is 0.354. The van der Waals surface area contributed by atoms with E-state index in [9.17, 15) is 4.21 Å². The van der Waals surface area contributed by atoms with Crippen LogP contribution in [0.15, 0.2) is 24.3 Å². The molecule has 1 aliphatic heterocycles. The molecular formula is C15H24N2OS. The molecule has 0 aromatic heterocycles. The molecule has 1 aromatic carbocycles. The van der Waals surface area contributed by atoms with Gasteiger partial charge in [-0.15, -0.1) is 0 Å². The van der Waals surface area contributed by atoms with E-state index in [1.165, 1.54) is 11.3 Å². The predicted octanol–water partition coefficient (Wildman–Crippen LogP) is 2.31. The van der Waals surface area contributed by atoms with Gasteiger partial charge in [0.05, 0.1) is 0 Å². The van der Waals surface area contributed by atoms with E-state index in [1.54, 1.807) is 0 Å². The molecule has 0 saturated carbocycles. The highest BCUT2D eigenvalue weighted by atomic mass is 32.2. The summed E-state index contributed by atoms with van der Waals surface area (Å²) in [6, 6.07) is 9.56. The van der Waals surface area contributed by atoms with Crippen molar-refractivity contribution in [3.8, 4) is 0 Å². The molecule has 1 aromatic rings. The van der Waals surface area contributed by atoms with E-state index >= 15 is 0 Å². The van der Waals surface area contributed by atoms with Crippen molar-refractivity contribution in [2.24, 2.45) is 0 Å². The Balaban J connectivity index is 1.92. The summed E-state index contributed by atoms with van der Waals surface area (Å²) >= 11 is 0. The zero-order valence-electron chi connectivity index (χ0n) is 12.1. The van der Waals surface area contributed by atoms with Gasteiger partial charge in [-0.1, -0.05) is 12.1 Å². The van der Waals surface area contributed by atoms with Gasteiger partial charge in [-0.2, -0.15) is 0 Å². The van der Waals surface area contributed by atoms with Gasteiger partial charge in [-0.05, 0) is 37.5 Å². The molecule has 0 spiro atoms. The Hall–Kier alpha value is -0.870. The van der Waals surface area contributed by atoms with Crippen LogP contribution in [0.2, 0.25) is 0 Å². The molecule has 1 unspecified atom stereocenters. The Morgan fingerprint density at radius 3 is 2.32 bits per heavy atom. The summed E-state index contributed by atoms with van der Waals surface area (Å²) in [6.45, 7) is 2.20. The Morgan fingerprint density at radius 2 is 1.79 bits per heavy atom. The van der Waals surface area contributed by atoms with Crippen molar-refractivity contribution in [2.75, 3.05) is 30.5 Å². The molecule has 19 heavy (non-hydrogen) atoms. The fraction of sp³-hybridized carbons (Fsp3) is 0.600. The fourth-order valence-electron chi connectivity index (χ4n) is 2.47. The first-order valence-corrected chi connectivity index (χ1v) is 8.43. The second-order valence-electron chi connectivity index (χ2n) is 5.50. The second kappa shape index (κ2) is 6.53. The highest BCUT2D eigenvalue weighted by Gasteiger charge is 2.19. The van der Waals surface area contributed by atoms with Crippen molar-refractivity contribution in [3.63, 3.8) is 0 Å². The number of benzene rings is 1. The third-order valence-corrected chi connectivity index (χ3v) is 5.17. The van der Waals surface area contributed by atoms with E-state index < -0.39 is 10.8 Å². The molecule has 0 radical (unpaired) electrons. The Bertz CT molecular complexity index is 420. The molecule has 1 saturated heterocycles. The van der Waals surface area contributed by atoms with Crippen LogP contribution >= 0.6 is 0 Å². The molecule has 0 aliphatic carbocycles. The van der Waals surface area contributed by atoms with Crippen LogP contribution < -0.4 is 10.2 Å². The van der Waals surface area contributed by atoms with Crippen molar-refractivity contribution < 1.29 is 4.21 Å². The Morgan fingerprint density at radius 1 is 1.21 bits per heavy atom. The zero-order valence-corrected chi connectivity index (χ0v) is 12.9. The lowest BCUT2D eigenvalue weighted by Gasteiger charge is -2.26. The molecule has 1 N–H and O–H groups in total. The van der Waals surface area contributed by atoms with Crippen LogP contribution in [0.25, 0.3) is 0 Å². The van der Waals surface area contributed by atoms with Crippen LogP contribution in [0.1, 0.15) is 31.4 Å². The van der Waals surface area contributed by atoms with Gasteiger partial charge in [0, 0.05) is 54.2 Å². The van der Waals surface area contributed by atoms with Gasteiger partial charge < -0.3 is 10.2 Å². The maximum absolute atomic E-state index is 11.3. The van der Waals surface area contributed by atoms with Crippen molar-refractivity contribution in [3.05, 3.63) is 29.8 Å². The van der Waals surface area contributed by atoms with Crippen LogP contribution in [0.4, 0.5) is 5.69 Å². The van der Waals surface area contributed by atoms with Crippen molar-refractivity contribution in [1.82, 2.24) is 5.32 Å². The summed E-state index contributed by atoms with van der Waals surface area (Å²) in [5, 5.41) is 3.66. The van der Waals surface area contributed by atoms with Crippen LogP contribution in [0.5, 0.6) is 0 Å². The summed E-state index contributed by atoms with van der Waals surface area (Å²) in [5.41, 5.74) is 2.54. The maximum Gasteiger partial charge on any atom is 0.0361 e. The summed E-state index contributed by atoms with van der Waals surface area (Å²) < 4.78 is 11.3. The zero-order chi connectivity index (χ0) is 13.8. The molecule has 1 atom stereocenters. The normalized spacial score (nSPS) is 25.0. The van der Waals surface area contributed by atoms with Gasteiger partial charge in [0.2, 0.25) is 0 Å². The van der Waals surface area contributed by atoms with E-state index in [0.29, 0.717) is 12.1 Å². The van der Waals surface area contributed by atoms with Crippen molar-refractivity contribution in [1.29, 1.82) is 0 Å². The van der Waals surface area contributed by atoms with Gasteiger partial charge in [0.15, 0.2) is 0 Å². The average Bonchev–Trinajstić information content (AvgIpc) is 2.41. The van der Waals surface area contributed by atoms with Crippen LogP contribution in [-0.4, -0.2) is 35.9 Å². The van der Waals surface area contributed by atoms with Crippen LogP contribution in [-0.2, 0) is 10.8 Å². The number of rotatable bonds is 4. The van der Waals surface area contributed by atoms with E-state index in [4.69, 9.17) is 0 Å². The van der Waals surface area contributed by atoms with Gasteiger partial charge in [0.1, 0.15) is 0 Å². The SMILES string of the molecule is CC(NC1CCS(=O)CC1)c1ccc(N(C)C)cc1. The Labute approximate surface area is 118 Å². The topological polar surface area (TPSA) is 32.3 Å². The predicted molar refractivity (Wildman–Crippen MR) is 83.2 cm³/mol. The molecule has 1 aliphatic rings. The smallest absolute Gasteiger partial charge is 0.0361 e. The molecular weight excluding hydrogens is 256 g/mol. The lowest BCUT2D eigenvalue weighted by atomic mass is 10.0. The van der Waals surface area contributed by atoms with E-state index in [0.717, 1.165) is 24.3 Å². The summed E-state index contributed by atoms with van der Waals surface area (Å²) in [5.74, 6) is 1.70. The molecule has 1 heterocycles. The summed E-state index contributed by atoms with van der Waals surface area (Å²) in [4.78, 5) is 2.11. The van der Waals surface area contributed by atoms with Gasteiger partial charge >= 0.3 is 0 Å². The molecule has 4 heteroatoms. The Kier molecular flexibility index (Phi) is 4.99. The summed E-state index contributed by atoms with van der Waals surface area (Å²) in [7, 11) is 3.53. The average molecular weight is 280 g/mol. The standard InChI is InChI=1S/C15H24N2OS/c1-12(16-14-8-10-19(18)11-9-14)13-4-6-15(7-5-13)17(2)3/h4-7,12,14,16H,8-11H2,1-3H3. The van der Waals surface area contributed by atoms with Crippen LogP contribution in [0, 0.1) is 0 Å². The number of nitrogens with zero attached hydrogens (tertiary/aromatic N) is 1. The van der Waals surface area contributed by atoms with E-state index in [-0.39, 0.29) is 0 Å². The minimum Gasteiger partial charge on any atom is -0.378 e. The van der Waals surface area contributed by atoms with E-state index in [2.05, 4.69) is 55.5 Å². The molecule has 106 valence electrons. The first-order chi connectivity index (χ1) is 9.06. The van der Waals surface area contributed by atoms with Gasteiger partial charge in [0.25, 0.3) is 0 Å². The van der Waals surface area contributed by atoms with Crippen molar-refractivity contribution >= 4 is 16.5 Å². The molecule has 2 rings (SSSR count). The summed E-state index contributed by atoms with van der Waals surface area (Å²) in [6.07, 6.45) is 2.07. The molecule has 0 amide bonds. The number of hydrogen-bond acceptors (Lipinski definition) is 3. The van der Waals surface area contributed by atoms with E-state index in [1.807, 2.05) is 0 Å². The lowest BCUT2D eigenvalue weighted by Crippen LogP contribution is -2.37. The molecule has 1 fully saturated rings. The first kappa shape index (κ1) is 14.5. The second-order valence-corrected chi connectivity index (χ2v) is 7.19. The number of nitrogens with one attached hydrogen (secondary N) is 1. The minimum atomic E-state index is -0.574. The first-order valence-electron chi connectivity index (χ1n) is 6.94. The third-order valence-electron chi connectivity index (χ3n) is 3.78. The van der Waals surface area contributed by atoms with Crippen molar-refractivity contribution in [2.45, 2.75) is 31.8 Å². The number of anilines is 1. The maximum atomic E-state index is 11.3. The lowest BCUT2D eigenvalue weighted by molar-refractivity contribution is 0.427. The number of hydrogen-bond donors (Lipinski definition) is 1. The van der Waals surface area contributed by atoms with Gasteiger partial charge in [-0.25, -0.2) is 0 Å².